The van der Waals surface area contributed by atoms with Crippen molar-refractivity contribution in [1.82, 2.24) is 4.90 Å². The molecule has 0 aromatic carbocycles. The van der Waals surface area contributed by atoms with Crippen LogP contribution in [0.2, 0.25) is 0 Å². The van der Waals surface area contributed by atoms with Crippen LogP contribution >= 0.6 is 0 Å². The Hall–Kier alpha value is -1.30. The quantitative estimate of drug-likeness (QED) is 0.670. The van der Waals surface area contributed by atoms with Crippen LogP contribution in [0.1, 0.15) is 19.3 Å². The molecule has 0 unspecified atom stereocenters. The van der Waals surface area contributed by atoms with Crippen molar-refractivity contribution in [2.75, 3.05) is 21.3 Å². The van der Waals surface area contributed by atoms with E-state index in [1.165, 1.54) is 26.2 Å². The molecule has 0 N–H and O–H groups in total. The number of esters is 1. The minimum atomic E-state index is -0.860. The third-order valence-electron chi connectivity index (χ3n) is 3.74. The van der Waals surface area contributed by atoms with Gasteiger partial charge in [0.2, 0.25) is 0 Å². The Balaban J connectivity index is 2.31. The second kappa shape index (κ2) is 4.18. The summed E-state index contributed by atoms with van der Waals surface area (Å²) in [5.74, 6) is -0.213. The molecule has 2 rings (SSSR count). The summed E-state index contributed by atoms with van der Waals surface area (Å²) in [6.07, 6.45) is 1.26. The fourth-order valence-corrected chi connectivity index (χ4v) is 2.81. The molecular formula is C11H17NO5. The number of nitrogens with zero attached hydrogens (tertiary/aromatic N) is 1. The number of piperidine rings is 1. The summed E-state index contributed by atoms with van der Waals surface area (Å²) >= 11 is 0. The molecule has 6 nitrogen and oxygen atoms in total. The van der Waals surface area contributed by atoms with Gasteiger partial charge in [-0.15, -0.1) is 0 Å². The molecule has 1 saturated carbocycles. The van der Waals surface area contributed by atoms with Crippen LogP contribution in [-0.4, -0.2) is 50.1 Å². The Bertz CT molecular complexity index is 345. The summed E-state index contributed by atoms with van der Waals surface area (Å²) in [5, 5.41) is 0. The summed E-state index contributed by atoms with van der Waals surface area (Å²) < 4.78 is 14.8. The molecule has 0 bridgehead atoms. The highest BCUT2D eigenvalue weighted by atomic mass is 16.6. The fourth-order valence-electron chi connectivity index (χ4n) is 2.81. The maximum absolute atomic E-state index is 11.9. The molecule has 17 heavy (non-hydrogen) atoms. The van der Waals surface area contributed by atoms with Gasteiger partial charge >= 0.3 is 12.1 Å². The summed E-state index contributed by atoms with van der Waals surface area (Å²) in [5.41, 5.74) is -0.860. The van der Waals surface area contributed by atoms with Gasteiger partial charge in [0, 0.05) is 7.11 Å². The van der Waals surface area contributed by atoms with Crippen LogP contribution in [-0.2, 0) is 19.0 Å². The highest BCUT2D eigenvalue weighted by Gasteiger charge is 2.70. The summed E-state index contributed by atoms with van der Waals surface area (Å²) in [6.45, 7) is 0. The number of fused-ring (bicyclic) bond motifs is 1. The van der Waals surface area contributed by atoms with E-state index in [-0.39, 0.29) is 11.9 Å². The number of ether oxygens (including phenoxy) is 3. The van der Waals surface area contributed by atoms with Crippen molar-refractivity contribution in [2.45, 2.75) is 31.0 Å². The van der Waals surface area contributed by atoms with E-state index in [2.05, 4.69) is 0 Å². The standard InChI is InChI=1S/C11H17NO5/c1-15-8-5-4-7-6-11(7,9(13)16-2)12(8)10(14)17-3/h7-8H,4-6H2,1-3H3/t7-,8+,11+/m1/s1. The zero-order valence-electron chi connectivity index (χ0n) is 10.3. The SMILES string of the molecule is COC(=O)N1[C@@H](OC)CC[C@@H]2C[C@@]21C(=O)OC. The topological polar surface area (TPSA) is 65.1 Å². The van der Waals surface area contributed by atoms with Gasteiger partial charge in [0.1, 0.15) is 11.8 Å². The molecule has 1 aliphatic heterocycles. The lowest BCUT2D eigenvalue weighted by Crippen LogP contribution is -2.57. The number of hydrogen-bond donors (Lipinski definition) is 0. The second-order valence-corrected chi connectivity index (χ2v) is 4.42. The van der Waals surface area contributed by atoms with Gasteiger partial charge in [-0.2, -0.15) is 0 Å². The van der Waals surface area contributed by atoms with Crippen molar-refractivity contribution in [3.05, 3.63) is 0 Å². The first-order valence-electron chi connectivity index (χ1n) is 5.60. The molecule has 1 heterocycles. The minimum Gasteiger partial charge on any atom is -0.467 e. The number of carbonyl (C=O) groups excluding carboxylic acids is 2. The van der Waals surface area contributed by atoms with E-state index >= 15 is 0 Å². The maximum atomic E-state index is 11.9. The number of methoxy groups -OCH3 is 3. The smallest absolute Gasteiger partial charge is 0.412 e. The van der Waals surface area contributed by atoms with E-state index in [9.17, 15) is 9.59 Å². The predicted molar refractivity (Wildman–Crippen MR) is 57.1 cm³/mol. The molecule has 6 heteroatoms. The Morgan fingerprint density at radius 2 is 1.88 bits per heavy atom. The van der Waals surface area contributed by atoms with E-state index in [0.29, 0.717) is 6.42 Å². The number of rotatable bonds is 2. The average molecular weight is 243 g/mol. The molecule has 3 atom stereocenters. The van der Waals surface area contributed by atoms with Crippen molar-refractivity contribution in [2.24, 2.45) is 5.92 Å². The van der Waals surface area contributed by atoms with Gasteiger partial charge < -0.3 is 14.2 Å². The third kappa shape index (κ3) is 1.58. The van der Waals surface area contributed by atoms with Crippen molar-refractivity contribution < 1.29 is 23.8 Å². The molecule has 96 valence electrons. The third-order valence-corrected chi connectivity index (χ3v) is 3.74. The van der Waals surface area contributed by atoms with Crippen LogP contribution in [0, 0.1) is 5.92 Å². The normalized spacial score (nSPS) is 34.9. The maximum Gasteiger partial charge on any atom is 0.412 e. The Morgan fingerprint density at radius 1 is 1.18 bits per heavy atom. The molecule has 0 aromatic rings. The first-order valence-corrected chi connectivity index (χ1v) is 5.60. The lowest BCUT2D eigenvalue weighted by molar-refractivity contribution is -0.158. The zero-order valence-corrected chi connectivity index (χ0v) is 10.3. The largest absolute Gasteiger partial charge is 0.467 e. The van der Waals surface area contributed by atoms with E-state index in [4.69, 9.17) is 14.2 Å². The van der Waals surface area contributed by atoms with Crippen molar-refractivity contribution in [3.8, 4) is 0 Å². The average Bonchev–Trinajstić information content (AvgIpc) is 3.10. The van der Waals surface area contributed by atoms with Gasteiger partial charge in [-0.05, 0) is 25.2 Å². The molecule has 0 aromatic heterocycles. The summed E-state index contributed by atoms with van der Waals surface area (Å²) in [4.78, 5) is 25.1. The van der Waals surface area contributed by atoms with Crippen molar-refractivity contribution in [1.29, 1.82) is 0 Å². The lowest BCUT2D eigenvalue weighted by Gasteiger charge is -2.38. The minimum absolute atomic E-state index is 0.167. The Morgan fingerprint density at radius 3 is 2.41 bits per heavy atom. The van der Waals surface area contributed by atoms with Crippen LogP contribution in [0.4, 0.5) is 4.79 Å². The van der Waals surface area contributed by atoms with Gasteiger partial charge in [-0.25, -0.2) is 9.59 Å². The second-order valence-electron chi connectivity index (χ2n) is 4.42. The first-order chi connectivity index (χ1) is 8.11. The van der Waals surface area contributed by atoms with E-state index < -0.39 is 17.9 Å². The van der Waals surface area contributed by atoms with Crippen LogP contribution in [0.5, 0.6) is 0 Å². The molecule has 1 amide bonds. The van der Waals surface area contributed by atoms with Gasteiger partial charge in [0.15, 0.2) is 0 Å². The number of amides is 1. The molecule has 1 saturated heterocycles. The zero-order chi connectivity index (χ0) is 12.6. The van der Waals surface area contributed by atoms with Crippen molar-refractivity contribution >= 4 is 12.1 Å². The number of hydrogen-bond acceptors (Lipinski definition) is 5. The number of likely N-dealkylation sites (tertiary alicyclic amines) is 1. The lowest BCUT2D eigenvalue weighted by atomic mass is 10.0. The predicted octanol–water partition coefficient (Wildman–Crippen LogP) is 0.753. The van der Waals surface area contributed by atoms with Crippen LogP contribution in [0.15, 0.2) is 0 Å². The van der Waals surface area contributed by atoms with Gasteiger partial charge in [-0.3, -0.25) is 4.90 Å². The molecule has 2 fully saturated rings. The van der Waals surface area contributed by atoms with Crippen molar-refractivity contribution in [3.63, 3.8) is 0 Å². The van der Waals surface area contributed by atoms with Gasteiger partial charge in [0.05, 0.1) is 14.2 Å². The fraction of sp³-hybridized carbons (Fsp3) is 0.818. The monoisotopic (exact) mass is 243 g/mol. The summed E-state index contributed by atoms with van der Waals surface area (Å²) in [6, 6.07) is 0. The Labute approximate surface area is 99.8 Å². The summed E-state index contributed by atoms with van der Waals surface area (Å²) in [7, 11) is 4.15. The molecule has 2 aliphatic rings. The highest BCUT2D eigenvalue weighted by Crippen LogP contribution is 2.56. The van der Waals surface area contributed by atoms with E-state index in [0.717, 1.165) is 12.8 Å². The molecular weight excluding hydrogens is 226 g/mol. The highest BCUT2D eigenvalue weighted by molar-refractivity contribution is 5.90. The van der Waals surface area contributed by atoms with Crippen LogP contribution in [0.25, 0.3) is 0 Å². The molecule has 1 aliphatic carbocycles. The van der Waals surface area contributed by atoms with Crippen LogP contribution < -0.4 is 0 Å². The van der Waals surface area contributed by atoms with E-state index in [1.54, 1.807) is 0 Å². The molecule has 0 radical (unpaired) electrons. The Kier molecular flexibility index (Phi) is 2.99. The van der Waals surface area contributed by atoms with Gasteiger partial charge in [-0.1, -0.05) is 0 Å². The first kappa shape index (κ1) is 12.2. The van der Waals surface area contributed by atoms with Crippen LogP contribution in [0.3, 0.4) is 0 Å². The molecule has 0 spiro atoms. The number of carbonyl (C=O) groups is 2. The van der Waals surface area contributed by atoms with Gasteiger partial charge in [0.25, 0.3) is 0 Å². The van der Waals surface area contributed by atoms with E-state index in [1.807, 2.05) is 0 Å².